The van der Waals surface area contributed by atoms with Crippen molar-refractivity contribution in [3.05, 3.63) is 71.7 Å². The van der Waals surface area contributed by atoms with Gasteiger partial charge in [-0.15, -0.1) is 9.05 Å². The minimum absolute atomic E-state index is 0.265. The quantitative estimate of drug-likeness (QED) is 0.278. The number of carbonyl (C=O) groups excluding carboxylic acids is 2. The molecule has 0 saturated heterocycles. The maximum atomic E-state index is 14.0. The van der Waals surface area contributed by atoms with Crippen molar-refractivity contribution in [2.75, 3.05) is 13.2 Å². The van der Waals surface area contributed by atoms with E-state index in [1.807, 2.05) is 0 Å². The van der Waals surface area contributed by atoms with E-state index in [-0.39, 0.29) is 22.3 Å². The summed E-state index contributed by atoms with van der Waals surface area (Å²) in [6, 6.07) is 7.80. The number of Topliss-reactive ketones (excluding diaryl/α,β-unsaturated/α-hetero) is 2. The average Bonchev–Trinajstić information content (AvgIpc) is 3.37. The van der Waals surface area contributed by atoms with Gasteiger partial charge in [0, 0.05) is 27.5 Å². The van der Waals surface area contributed by atoms with Gasteiger partial charge < -0.3 is 8.83 Å². The smallest absolute Gasteiger partial charge is 0.464 e. The molecule has 0 N–H and O–H groups in total. The van der Waals surface area contributed by atoms with Crippen LogP contribution < -0.4 is 0 Å². The largest absolute Gasteiger partial charge is 0.698 e. The molecule has 0 saturated carbocycles. The molecule has 0 fully saturated rings. The molecule has 0 aliphatic rings. The maximum Gasteiger partial charge on any atom is 0.698 e. The molecule has 4 aromatic rings. The van der Waals surface area contributed by atoms with Gasteiger partial charge in [0.05, 0.1) is 23.7 Å². The zero-order chi connectivity index (χ0) is 21.3. The maximum absolute atomic E-state index is 14.0. The Kier molecular flexibility index (Phi) is 5.50. The number of carbonyl (C=O) groups is 2. The van der Waals surface area contributed by atoms with Crippen LogP contribution in [-0.4, -0.2) is 24.8 Å². The lowest BCUT2D eigenvalue weighted by Gasteiger charge is -2.01. The van der Waals surface area contributed by atoms with Crippen molar-refractivity contribution in [3.8, 4) is 0 Å². The second kappa shape index (κ2) is 8.23. The lowest BCUT2D eigenvalue weighted by atomic mass is 10.1. The zero-order valence-corrected chi connectivity index (χ0v) is 16.0. The summed E-state index contributed by atoms with van der Waals surface area (Å²) in [6.45, 7) is -1.47. The highest BCUT2D eigenvalue weighted by molar-refractivity contribution is 7.33. The molecule has 0 spiro atoms. The molecule has 4 rings (SSSR count). The number of hydrogen-bond acceptors (Lipinski definition) is 7. The molecule has 0 unspecified atom stereocenters. The minimum Gasteiger partial charge on any atom is -0.464 e. The number of halogens is 2. The van der Waals surface area contributed by atoms with Crippen molar-refractivity contribution in [2.45, 2.75) is 0 Å². The van der Waals surface area contributed by atoms with Gasteiger partial charge >= 0.3 is 8.25 Å². The monoisotopic (exact) mass is 433 g/mol. The lowest BCUT2D eigenvalue weighted by molar-refractivity contribution is 0.0873. The molecule has 0 bridgehead atoms. The van der Waals surface area contributed by atoms with E-state index in [0.717, 1.165) is 12.1 Å². The fourth-order valence-corrected chi connectivity index (χ4v) is 3.33. The van der Waals surface area contributed by atoms with Crippen LogP contribution >= 0.6 is 8.25 Å². The molecule has 10 heteroatoms. The molecule has 7 nitrogen and oxygen atoms in total. The number of furan rings is 2. The SMILES string of the molecule is O=C(CO[P+](=O)OCC(=O)c1cc2ccoc2cc1F)c1cc2ccoc2cc1F. The second-order valence-corrected chi connectivity index (χ2v) is 7.16. The Morgan fingerprint density at radius 2 is 1.23 bits per heavy atom. The summed E-state index contributed by atoms with van der Waals surface area (Å²) in [4.78, 5) is 24.3. The predicted molar refractivity (Wildman–Crippen MR) is 101 cm³/mol. The summed E-state index contributed by atoms with van der Waals surface area (Å²) in [7, 11) is -2.87. The average molecular weight is 433 g/mol. The molecular formula is C20H12F2O7P+. The van der Waals surface area contributed by atoms with Crippen molar-refractivity contribution in [1.29, 1.82) is 0 Å². The summed E-state index contributed by atoms with van der Waals surface area (Å²) < 4.78 is 59.4. The van der Waals surface area contributed by atoms with E-state index in [1.54, 1.807) is 12.1 Å². The van der Waals surface area contributed by atoms with Crippen molar-refractivity contribution >= 4 is 41.8 Å². The molecule has 0 radical (unpaired) electrons. The first-order valence-corrected chi connectivity index (χ1v) is 9.65. The fourth-order valence-electron chi connectivity index (χ4n) is 2.81. The molecule has 0 atom stereocenters. The van der Waals surface area contributed by atoms with E-state index in [2.05, 4.69) is 0 Å². The first-order valence-electron chi connectivity index (χ1n) is 8.55. The first-order chi connectivity index (χ1) is 14.4. The Balaban J connectivity index is 1.33. The lowest BCUT2D eigenvalue weighted by Crippen LogP contribution is -2.11. The Morgan fingerprint density at radius 1 is 0.800 bits per heavy atom. The Morgan fingerprint density at radius 3 is 1.67 bits per heavy atom. The number of rotatable bonds is 8. The Labute approximate surface area is 168 Å². The van der Waals surface area contributed by atoms with Crippen molar-refractivity contribution < 1.29 is 40.8 Å². The summed E-state index contributed by atoms with van der Waals surface area (Å²) in [5.41, 5.74) is 0.0233. The molecule has 0 aliphatic carbocycles. The van der Waals surface area contributed by atoms with Crippen LogP contribution in [-0.2, 0) is 13.6 Å². The molecule has 30 heavy (non-hydrogen) atoms. The van der Waals surface area contributed by atoms with Crippen LogP contribution in [0.15, 0.2) is 57.8 Å². The Hall–Kier alpha value is -3.26. The van der Waals surface area contributed by atoms with Gasteiger partial charge in [0.25, 0.3) is 0 Å². The molecule has 0 amide bonds. The van der Waals surface area contributed by atoms with Gasteiger partial charge in [-0.3, -0.25) is 9.59 Å². The molecule has 2 aromatic carbocycles. The van der Waals surface area contributed by atoms with E-state index in [4.69, 9.17) is 17.9 Å². The van der Waals surface area contributed by atoms with Crippen molar-refractivity contribution in [2.24, 2.45) is 0 Å². The number of benzene rings is 2. The highest BCUT2D eigenvalue weighted by Crippen LogP contribution is 2.27. The second-order valence-electron chi connectivity index (χ2n) is 6.20. The van der Waals surface area contributed by atoms with Crippen molar-refractivity contribution in [3.63, 3.8) is 0 Å². The molecule has 2 heterocycles. The van der Waals surface area contributed by atoms with Crippen LogP contribution in [0.25, 0.3) is 21.9 Å². The molecule has 0 aliphatic heterocycles. The van der Waals surface area contributed by atoms with Gasteiger partial charge in [0.15, 0.2) is 24.8 Å². The third-order valence-electron chi connectivity index (χ3n) is 4.29. The van der Waals surface area contributed by atoms with Crippen LogP contribution in [0.1, 0.15) is 20.7 Å². The number of hydrogen-bond donors (Lipinski definition) is 0. The number of fused-ring (bicyclic) bond motifs is 2. The van der Waals surface area contributed by atoms with E-state index in [0.29, 0.717) is 10.8 Å². The number of ketones is 2. The standard InChI is InChI=1S/C20H12F2O7P/c21-15-7-19-11(1-3-26-19)5-13(15)17(23)9-28-30(25)29-10-18(24)14-6-12-2-4-27-20(12)8-16(14)22/h1-8H,9-10H2/q+1. The summed E-state index contributed by atoms with van der Waals surface area (Å²) in [6.07, 6.45) is 2.70. The minimum atomic E-state index is -2.87. The molecular weight excluding hydrogens is 421 g/mol. The summed E-state index contributed by atoms with van der Waals surface area (Å²) in [5.74, 6) is -3.18. The van der Waals surface area contributed by atoms with Gasteiger partial charge in [-0.25, -0.2) is 8.78 Å². The van der Waals surface area contributed by atoms with E-state index < -0.39 is 44.7 Å². The normalized spacial score (nSPS) is 11.3. The van der Waals surface area contributed by atoms with Crippen LogP contribution in [0.4, 0.5) is 8.78 Å². The fraction of sp³-hybridized carbons (Fsp3) is 0.100. The van der Waals surface area contributed by atoms with E-state index in [9.17, 15) is 22.9 Å². The van der Waals surface area contributed by atoms with Crippen LogP contribution in [0.3, 0.4) is 0 Å². The van der Waals surface area contributed by atoms with Gasteiger partial charge in [0.2, 0.25) is 0 Å². The van der Waals surface area contributed by atoms with Crippen molar-refractivity contribution in [1.82, 2.24) is 0 Å². The van der Waals surface area contributed by atoms with E-state index in [1.165, 1.54) is 24.7 Å². The molecule has 152 valence electrons. The van der Waals surface area contributed by atoms with Gasteiger partial charge in [0.1, 0.15) is 22.8 Å². The topological polar surface area (TPSA) is 96.0 Å². The van der Waals surface area contributed by atoms with Gasteiger partial charge in [-0.2, -0.15) is 0 Å². The highest BCUT2D eigenvalue weighted by atomic mass is 31.1. The molecule has 2 aromatic heterocycles. The third kappa shape index (κ3) is 4.04. The highest BCUT2D eigenvalue weighted by Gasteiger charge is 2.27. The van der Waals surface area contributed by atoms with Crippen LogP contribution in [0, 0.1) is 11.6 Å². The van der Waals surface area contributed by atoms with Gasteiger partial charge in [-0.05, 0) is 24.3 Å². The van der Waals surface area contributed by atoms with Crippen LogP contribution in [0.5, 0.6) is 0 Å². The van der Waals surface area contributed by atoms with E-state index >= 15 is 0 Å². The predicted octanol–water partition coefficient (Wildman–Crippen LogP) is 5.21. The zero-order valence-electron chi connectivity index (χ0n) is 15.1. The van der Waals surface area contributed by atoms with Gasteiger partial charge in [-0.1, -0.05) is 0 Å². The first kappa shape index (κ1) is 20.0. The Bertz CT molecular complexity index is 1190. The van der Waals surface area contributed by atoms with Crippen LogP contribution in [0.2, 0.25) is 0 Å². The third-order valence-corrected chi connectivity index (χ3v) is 4.97. The summed E-state index contributed by atoms with van der Waals surface area (Å²) in [5, 5.41) is 1.03. The summed E-state index contributed by atoms with van der Waals surface area (Å²) >= 11 is 0.